The molecule has 0 aromatic carbocycles. The van der Waals surface area contributed by atoms with E-state index < -0.39 is 29.3 Å². The fraction of sp³-hybridized carbons (Fsp3) is 0.333. The first kappa shape index (κ1) is 11.4. The van der Waals surface area contributed by atoms with Crippen molar-refractivity contribution in [1.82, 2.24) is 0 Å². The lowest BCUT2D eigenvalue weighted by Crippen LogP contribution is -2.24. The van der Waals surface area contributed by atoms with E-state index in [2.05, 4.69) is 9.47 Å². The number of carbonyl (C=O) groups is 2. The molecule has 0 bridgehead atoms. The Labute approximate surface area is 84.2 Å². The number of ether oxygens (including phenoxy) is 2. The summed E-state index contributed by atoms with van der Waals surface area (Å²) in [7, 11) is 2.26. The lowest BCUT2D eigenvalue weighted by Gasteiger charge is -2.15. The maximum Gasteiger partial charge on any atom is 0.267 e. The van der Waals surface area contributed by atoms with Gasteiger partial charge in [-0.05, 0) is 0 Å². The highest BCUT2D eigenvalue weighted by Gasteiger charge is 2.34. The number of hydrogen-bond acceptors (Lipinski definition) is 4. The standard InChI is InChI=1S/C9H8F2O4/c1-14-7-5(12)3-4(9(10)11)6(13)8(7)15-2/h3,9H,1-2H3. The van der Waals surface area contributed by atoms with E-state index in [1.54, 1.807) is 0 Å². The monoisotopic (exact) mass is 218 g/mol. The molecule has 0 atom stereocenters. The van der Waals surface area contributed by atoms with Gasteiger partial charge in [0.2, 0.25) is 23.1 Å². The van der Waals surface area contributed by atoms with Crippen LogP contribution in [-0.2, 0) is 19.1 Å². The molecule has 0 heterocycles. The molecule has 0 N–H and O–H groups in total. The molecule has 0 fully saturated rings. The van der Waals surface area contributed by atoms with Crippen LogP contribution in [0.5, 0.6) is 0 Å². The lowest BCUT2D eigenvalue weighted by atomic mass is 10.0. The Morgan fingerprint density at radius 2 is 1.67 bits per heavy atom. The quantitative estimate of drug-likeness (QED) is 0.658. The fourth-order valence-corrected chi connectivity index (χ4v) is 1.16. The molecule has 0 aromatic heterocycles. The molecule has 1 aliphatic carbocycles. The summed E-state index contributed by atoms with van der Waals surface area (Å²) in [5.74, 6) is -2.67. The van der Waals surface area contributed by atoms with E-state index in [0.717, 1.165) is 14.2 Å². The number of carbonyl (C=O) groups excluding carboxylic acids is 2. The molecule has 6 heteroatoms. The van der Waals surface area contributed by atoms with Crippen molar-refractivity contribution in [1.29, 1.82) is 0 Å². The molecular weight excluding hydrogens is 210 g/mol. The van der Waals surface area contributed by atoms with Crippen molar-refractivity contribution in [2.45, 2.75) is 6.43 Å². The van der Waals surface area contributed by atoms with Crippen LogP contribution in [0.15, 0.2) is 23.2 Å². The molecular formula is C9H8F2O4. The Bertz CT molecular complexity index is 368. The number of Topliss-reactive ketones (excluding diaryl/α,β-unsaturated/α-hetero) is 1. The van der Waals surface area contributed by atoms with Crippen molar-refractivity contribution in [3.63, 3.8) is 0 Å². The number of methoxy groups -OCH3 is 2. The van der Waals surface area contributed by atoms with E-state index in [0.29, 0.717) is 6.08 Å². The normalized spacial score (nSPS) is 17.0. The van der Waals surface area contributed by atoms with Gasteiger partial charge in [-0.1, -0.05) is 0 Å². The van der Waals surface area contributed by atoms with E-state index in [1.807, 2.05) is 0 Å². The van der Waals surface area contributed by atoms with Crippen molar-refractivity contribution in [3.8, 4) is 0 Å². The Morgan fingerprint density at radius 1 is 1.13 bits per heavy atom. The van der Waals surface area contributed by atoms with Crippen molar-refractivity contribution in [3.05, 3.63) is 23.2 Å². The Kier molecular flexibility index (Phi) is 3.18. The Hall–Kier alpha value is -1.72. The maximum absolute atomic E-state index is 12.3. The van der Waals surface area contributed by atoms with Gasteiger partial charge in [-0.3, -0.25) is 9.59 Å². The summed E-state index contributed by atoms with van der Waals surface area (Å²) in [5.41, 5.74) is -0.877. The van der Waals surface area contributed by atoms with Gasteiger partial charge in [0.1, 0.15) is 0 Å². The predicted octanol–water partition coefficient (Wildman–Crippen LogP) is 0.834. The Morgan fingerprint density at radius 3 is 2.07 bits per heavy atom. The van der Waals surface area contributed by atoms with Crippen LogP contribution < -0.4 is 0 Å². The minimum atomic E-state index is -3.01. The van der Waals surface area contributed by atoms with Gasteiger partial charge in [0.15, 0.2) is 0 Å². The molecule has 1 rings (SSSR count). The number of halogens is 2. The highest BCUT2D eigenvalue weighted by molar-refractivity contribution is 6.21. The summed E-state index contributed by atoms with van der Waals surface area (Å²) >= 11 is 0. The first-order valence-electron chi connectivity index (χ1n) is 3.94. The summed E-state index contributed by atoms with van der Waals surface area (Å²) in [6, 6.07) is 0. The van der Waals surface area contributed by atoms with Crippen molar-refractivity contribution >= 4 is 11.6 Å². The number of allylic oxidation sites excluding steroid dienone is 2. The molecule has 0 aliphatic heterocycles. The largest absolute Gasteiger partial charge is 0.490 e. The summed E-state index contributed by atoms with van der Waals surface area (Å²) in [6.45, 7) is 0. The second-order valence-electron chi connectivity index (χ2n) is 2.66. The topological polar surface area (TPSA) is 52.6 Å². The van der Waals surface area contributed by atoms with Crippen LogP contribution in [-0.4, -0.2) is 32.2 Å². The van der Waals surface area contributed by atoms with E-state index in [-0.39, 0.29) is 5.76 Å². The number of hydrogen-bond donors (Lipinski definition) is 0. The third-order valence-corrected chi connectivity index (χ3v) is 1.83. The minimum Gasteiger partial charge on any atom is -0.490 e. The zero-order chi connectivity index (χ0) is 11.6. The summed E-state index contributed by atoms with van der Waals surface area (Å²) in [6.07, 6.45) is -2.45. The summed E-state index contributed by atoms with van der Waals surface area (Å²) in [5, 5.41) is 0. The molecule has 1 aliphatic rings. The smallest absolute Gasteiger partial charge is 0.267 e. The zero-order valence-electron chi connectivity index (χ0n) is 8.04. The Balaban J connectivity index is 3.20. The molecule has 82 valence electrons. The third-order valence-electron chi connectivity index (χ3n) is 1.83. The van der Waals surface area contributed by atoms with Crippen LogP contribution in [0.3, 0.4) is 0 Å². The van der Waals surface area contributed by atoms with Gasteiger partial charge < -0.3 is 9.47 Å². The van der Waals surface area contributed by atoms with Gasteiger partial charge in [0.05, 0.1) is 19.8 Å². The summed E-state index contributed by atoms with van der Waals surface area (Å²) < 4.78 is 33.8. The minimum absolute atomic E-state index is 0.355. The molecule has 15 heavy (non-hydrogen) atoms. The second-order valence-corrected chi connectivity index (χ2v) is 2.66. The van der Waals surface area contributed by atoms with Crippen LogP contribution in [0.25, 0.3) is 0 Å². The van der Waals surface area contributed by atoms with Gasteiger partial charge in [-0.15, -0.1) is 0 Å². The van der Waals surface area contributed by atoms with Gasteiger partial charge in [-0.25, -0.2) is 8.78 Å². The average Bonchev–Trinajstić information content (AvgIpc) is 2.19. The highest BCUT2D eigenvalue weighted by Crippen LogP contribution is 2.24. The van der Waals surface area contributed by atoms with E-state index >= 15 is 0 Å². The maximum atomic E-state index is 12.3. The van der Waals surface area contributed by atoms with Crippen molar-refractivity contribution in [2.75, 3.05) is 14.2 Å². The number of ketones is 2. The van der Waals surface area contributed by atoms with E-state index in [1.165, 1.54) is 0 Å². The molecule has 0 amide bonds. The van der Waals surface area contributed by atoms with Crippen LogP contribution in [0.1, 0.15) is 0 Å². The van der Waals surface area contributed by atoms with Crippen LogP contribution in [0, 0.1) is 0 Å². The molecule has 0 saturated carbocycles. The van der Waals surface area contributed by atoms with E-state index in [4.69, 9.17) is 0 Å². The molecule has 4 nitrogen and oxygen atoms in total. The van der Waals surface area contributed by atoms with Crippen molar-refractivity contribution < 1.29 is 27.8 Å². The van der Waals surface area contributed by atoms with Crippen LogP contribution in [0.4, 0.5) is 8.78 Å². The number of alkyl halides is 2. The average molecular weight is 218 g/mol. The lowest BCUT2D eigenvalue weighted by molar-refractivity contribution is -0.121. The van der Waals surface area contributed by atoms with Gasteiger partial charge >= 0.3 is 0 Å². The van der Waals surface area contributed by atoms with E-state index in [9.17, 15) is 18.4 Å². The first-order valence-corrected chi connectivity index (χ1v) is 3.94. The molecule has 0 saturated heterocycles. The second kappa shape index (κ2) is 4.20. The zero-order valence-corrected chi connectivity index (χ0v) is 8.04. The first-order chi connectivity index (χ1) is 7.02. The van der Waals surface area contributed by atoms with Gasteiger partial charge in [0, 0.05) is 6.08 Å². The van der Waals surface area contributed by atoms with Gasteiger partial charge in [-0.2, -0.15) is 0 Å². The van der Waals surface area contributed by atoms with Crippen molar-refractivity contribution in [2.24, 2.45) is 0 Å². The fourth-order valence-electron chi connectivity index (χ4n) is 1.16. The molecule has 0 unspecified atom stereocenters. The molecule has 0 radical (unpaired) electrons. The summed E-state index contributed by atoms with van der Waals surface area (Å²) in [4.78, 5) is 22.6. The molecule has 0 spiro atoms. The third kappa shape index (κ3) is 1.88. The van der Waals surface area contributed by atoms with Crippen LogP contribution >= 0.6 is 0 Å². The van der Waals surface area contributed by atoms with Crippen LogP contribution in [0.2, 0.25) is 0 Å². The highest BCUT2D eigenvalue weighted by atomic mass is 19.3. The predicted molar refractivity (Wildman–Crippen MR) is 45.1 cm³/mol. The SMILES string of the molecule is COC1=C(OC)C(=O)C(C(F)F)=CC1=O. The molecule has 0 aromatic rings. The van der Waals surface area contributed by atoms with Gasteiger partial charge in [0.25, 0.3) is 6.43 Å². The number of rotatable bonds is 3.